The Labute approximate surface area is 430 Å². The van der Waals surface area contributed by atoms with E-state index in [1.165, 1.54) is 0 Å². The van der Waals surface area contributed by atoms with Gasteiger partial charge in [-0.3, -0.25) is 24.3 Å². The molecular formula is C49H59F3N16O7. The van der Waals surface area contributed by atoms with E-state index in [-0.39, 0.29) is 61.7 Å². The van der Waals surface area contributed by atoms with Crippen LogP contribution in [0.15, 0.2) is 55.2 Å². The maximum Gasteiger partial charge on any atom is 0.434 e. The number of halogens is 3. The van der Waals surface area contributed by atoms with Crippen LogP contribution in [0.25, 0.3) is 11.3 Å². The molecule has 4 fully saturated rings. The molecule has 0 radical (unpaired) electrons. The Morgan fingerprint density at radius 1 is 0.907 bits per heavy atom. The number of anilines is 3. The van der Waals surface area contributed by atoms with Crippen molar-refractivity contribution < 1.29 is 47.3 Å². The Balaban J connectivity index is 0.649. The number of Topliss-reactive ketones (excluding diaryl/α,β-unsaturated/α-hetero) is 1. The molecule has 0 aromatic carbocycles. The Bertz CT molecular complexity index is 2780. The molecule has 4 saturated heterocycles. The van der Waals surface area contributed by atoms with Crippen LogP contribution in [0, 0.1) is 11.3 Å². The van der Waals surface area contributed by atoms with Crippen LogP contribution in [0.1, 0.15) is 54.0 Å². The number of alkyl halides is 3. The fourth-order valence-corrected chi connectivity index (χ4v) is 10.0. The number of ketones is 1. The number of rotatable bonds is 17. The smallest absolute Gasteiger partial charge is 0.388 e. The van der Waals surface area contributed by atoms with E-state index in [2.05, 4.69) is 56.7 Å². The number of nitrogens with zero attached hydrogens (tertiary/aromatic N) is 13. The molecule has 0 aliphatic carbocycles. The Kier molecular flexibility index (Phi) is 15.7. The van der Waals surface area contributed by atoms with Crippen molar-refractivity contribution >= 4 is 41.2 Å². The molecule has 9 heterocycles. The van der Waals surface area contributed by atoms with Gasteiger partial charge in [0.15, 0.2) is 11.5 Å². The minimum atomic E-state index is -4.71. The van der Waals surface area contributed by atoms with Gasteiger partial charge in [0.1, 0.15) is 41.7 Å². The second-order valence-electron chi connectivity index (χ2n) is 19.7. The van der Waals surface area contributed by atoms with Crippen molar-refractivity contribution in [2.75, 3.05) is 107 Å². The average Bonchev–Trinajstić information content (AvgIpc) is 3.82. The zero-order valence-electron chi connectivity index (χ0n) is 41.5. The number of nitriles is 1. The third-order valence-corrected chi connectivity index (χ3v) is 14.4. The highest BCUT2D eigenvalue weighted by molar-refractivity contribution is 6.13. The van der Waals surface area contributed by atoms with Crippen LogP contribution >= 0.6 is 0 Å². The summed E-state index contributed by atoms with van der Waals surface area (Å²) in [6.07, 6.45) is -0.989. The third-order valence-electron chi connectivity index (χ3n) is 14.4. The molecule has 4 aromatic rings. The Morgan fingerprint density at radius 2 is 1.68 bits per heavy atom. The van der Waals surface area contributed by atoms with Gasteiger partial charge in [-0.2, -0.15) is 18.4 Å². The zero-order chi connectivity index (χ0) is 53.0. The molecule has 5 atom stereocenters. The number of hydrogen-bond donors (Lipinski definition) is 5. The summed E-state index contributed by atoms with van der Waals surface area (Å²) in [5, 5.41) is 39.2. The van der Waals surface area contributed by atoms with Gasteiger partial charge in [0, 0.05) is 121 Å². The summed E-state index contributed by atoms with van der Waals surface area (Å²) in [4.78, 5) is 89.6. The van der Waals surface area contributed by atoms with Gasteiger partial charge in [-0.1, -0.05) is 6.07 Å². The molecule has 0 bridgehead atoms. The lowest BCUT2D eigenvalue weighted by Crippen LogP contribution is -2.58. The SMILES string of the molecule is CC1(C)C(=O)c2ccc(-c3cnc(N4CCN5C(=O)N(CCCNC(=O)CCN6CCN(CC(=O)NC[C@H]7OC[C@H](Nc8cncc(C(F)(F)F)n8)[C@@H](O)[C@H]7O)CC6)C[C@@H]5C4)nc3)nc2N1Cc1cccnc1C#N. The van der Waals surface area contributed by atoms with Gasteiger partial charge < -0.3 is 55.4 Å². The number of piperazine rings is 2. The first-order valence-corrected chi connectivity index (χ1v) is 24.9. The number of hydrogen-bond acceptors (Lipinski definition) is 19. The lowest BCUT2D eigenvalue weighted by molar-refractivity contribution is -0.143. The van der Waals surface area contributed by atoms with E-state index < -0.39 is 41.8 Å². The van der Waals surface area contributed by atoms with Crippen molar-refractivity contribution in [2.45, 2.75) is 75.3 Å². The summed E-state index contributed by atoms with van der Waals surface area (Å²) in [5.74, 6) is 0.363. The van der Waals surface area contributed by atoms with Crippen molar-refractivity contribution in [3.63, 3.8) is 0 Å². The van der Waals surface area contributed by atoms with Crippen LogP contribution < -0.4 is 25.8 Å². The van der Waals surface area contributed by atoms with E-state index in [0.29, 0.717) is 131 Å². The summed E-state index contributed by atoms with van der Waals surface area (Å²) < 4.78 is 44.7. The van der Waals surface area contributed by atoms with Crippen LogP contribution in [0.2, 0.25) is 0 Å². The number of nitrogens with one attached hydrogen (secondary N) is 3. The maximum absolute atomic E-state index is 13.5. The number of urea groups is 1. The van der Waals surface area contributed by atoms with Gasteiger partial charge in [0.25, 0.3) is 0 Å². The van der Waals surface area contributed by atoms with Crippen molar-refractivity contribution in [1.29, 1.82) is 5.26 Å². The number of carbonyl (C=O) groups excluding carboxylic acids is 4. The molecule has 4 amide bonds. The van der Waals surface area contributed by atoms with Gasteiger partial charge in [-0.15, -0.1) is 0 Å². The molecule has 398 valence electrons. The monoisotopic (exact) mass is 1040 g/mol. The highest BCUT2D eigenvalue weighted by Crippen LogP contribution is 2.40. The average molecular weight is 1040 g/mol. The predicted molar refractivity (Wildman–Crippen MR) is 263 cm³/mol. The first-order valence-electron chi connectivity index (χ1n) is 24.9. The van der Waals surface area contributed by atoms with Crippen LogP contribution in [0.5, 0.6) is 0 Å². The van der Waals surface area contributed by atoms with Crippen LogP contribution in [-0.2, 0) is 27.0 Å². The molecule has 26 heteroatoms. The lowest BCUT2D eigenvalue weighted by atomic mass is 9.97. The van der Waals surface area contributed by atoms with Crippen LogP contribution in [-0.4, -0.2) is 211 Å². The Morgan fingerprint density at radius 3 is 2.44 bits per heavy atom. The van der Waals surface area contributed by atoms with E-state index in [9.17, 15) is 47.8 Å². The van der Waals surface area contributed by atoms with E-state index in [0.717, 1.165) is 6.20 Å². The van der Waals surface area contributed by atoms with Crippen molar-refractivity contribution in [3.8, 4) is 17.3 Å². The highest BCUT2D eigenvalue weighted by Gasteiger charge is 2.46. The second-order valence-corrected chi connectivity index (χ2v) is 19.7. The summed E-state index contributed by atoms with van der Waals surface area (Å²) >= 11 is 0. The molecule has 0 saturated carbocycles. The molecule has 5 aliphatic rings. The molecular weight excluding hydrogens is 982 g/mol. The highest BCUT2D eigenvalue weighted by atomic mass is 19.4. The summed E-state index contributed by atoms with van der Waals surface area (Å²) in [6.45, 7) is 9.97. The van der Waals surface area contributed by atoms with Crippen molar-refractivity contribution in [3.05, 3.63) is 77.8 Å². The summed E-state index contributed by atoms with van der Waals surface area (Å²) in [6, 6.07) is 8.24. The predicted octanol–water partition coefficient (Wildman–Crippen LogP) is 0.753. The number of aliphatic hydroxyl groups excluding tert-OH is 2. The van der Waals surface area contributed by atoms with E-state index in [1.807, 2.05) is 39.5 Å². The standard InChI is InChI=1S/C49H59F3N16O7/c1-48(2)44(73)33-6-7-34(61-45(33)68(48)25-30-5-3-9-55-35(30)19-53)31-20-58-46(59-21-31)65-17-18-67-32(26-65)27-66(47(67)74)11-4-10-56-40(69)8-12-63-13-15-64(16-14-63)28-41(70)57-22-37-43(72)42(71)36(29-75-37)60-39-24-54-23-38(62-39)49(50,51)52/h3,5-7,9,20-21,23-24,32,36-37,42-43,71-72H,4,8,10-18,22,25-29H2,1-2H3,(H,56,69)(H,57,70)(H,60,62)/t32-,36-,37+,42+,43-/m0/s1. The van der Waals surface area contributed by atoms with Gasteiger partial charge >= 0.3 is 12.2 Å². The van der Waals surface area contributed by atoms with Gasteiger partial charge in [-0.25, -0.2) is 29.7 Å². The minimum Gasteiger partial charge on any atom is -0.388 e. The molecule has 75 heavy (non-hydrogen) atoms. The van der Waals surface area contributed by atoms with Crippen molar-refractivity contribution in [1.82, 2.24) is 60.1 Å². The number of aliphatic hydroxyl groups is 2. The fraction of sp³-hybridized carbons (Fsp3) is 0.531. The molecule has 5 aliphatic heterocycles. The fourth-order valence-electron chi connectivity index (χ4n) is 10.0. The van der Waals surface area contributed by atoms with Gasteiger partial charge in [0.05, 0.1) is 54.4 Å². The Hall–Kier alpha value is -7.18. The number of aromatic nitrogens is 6. The molecule has 0 spiro atoms. The number of ether oxygens (including phenoxy) is 1. The first-order chi connectivity index (χ1) is 36.0. The van der Waals surface area contributed by atoms with E-state index >= 15 is 0 Å². The van der Waals surface area contributed by atoms with Crippen LogP contribution in [0.3, 0.4) is 0 Å². The minimum absolute atomic E-state index is 0.0263. The molecule has 4 aromatic heterocycles. The lowest BCUT2D eigenvalue weighted by Gasteiger charge is -2.38. The van der Waals surface area contributed by atoms with Gasteiger partial charge in [0.2, 0.25) is 17.8 Å². The number of carbonyl (C=O) groups is 4. The largest absolute Gasteiger partial charge is 0.434 e. The molecule has 23 nitrogen and oxygen atoms in total. The van der Waals surface area contributed by atoms with Crippen LogP contribution in [0.4, 0.5) is 35.5 Å². The van der Waals surface area contributed by atoms with Gasteiger partial charge in [-0.05, 0) is 38.5 Å². The quantitative estimate of drug-likeness (QED) is 0.0913. The first kappa shape index (κ1) is 52.7. The second kappa shape index (κ2) is 22.3. The molecule has 0 unspecified atom stereocenters. The number of fused-ring (bicyclic) bond motifs is 2. The summed E-state index contributed by atoms with van der Waals surface area (Å²) in [7, 11) is 0. The number of amides is 4. The molecule has 5 N–H and O–H groups in total. The van der Waals surface area contributed by atoms with E-state index in [4.69, 9.17) is 9.72 Å². The van der Waals surface area contributed by atoms with E-state index in [1.54, 1.807) is 36.8 Å². The third kappa shape index (κ3) is 11.9. The summed E-state index contributed by atoms with van der Waals surface area (Å²) in [5.41, 5.74) is 0.666. The number of pyridine rings is 2. The zero-order valence-corrected chi connectivity index (χ0v) is 41.5. The topological polar surface area (TPSA) is 275 Å². The maximum atomic E-state index is 13.5. The molecule has 9 rings (SSSR count). The normalized spacial score (nSPS) is 22.9. The van der Waals surface area contributed by atoms with Crippen molar-refractivity contribution in [2.24, 2.45) is 0 Å².